The number of hydrogen-bond donors (Lipinski definition) is 4. The Bertz CT molecular complexity index is 751. The number of anilines is 1. The van der Waals surface area contributed by atoms with Crippen LogP contribution in [0.15, 0.2) is 35.9 Å². The van der Waals surface area contributed by atoms with Crippen molar-refractivity contribution in [3.63, 3.8) is 0 Å². The summed E-state index contributed by atoms with van der Waals surface area (Å²) in [5.74, 6) is 1.23. The molecule has 5 N–H and O–H groups in total. The Kier molecular flexibility index (Phi) is 17.9. The van der Waals surface area contributed by atoms with Crippen LogP contribution in [0.4, 0.5) is 5.69 Å². The van der Waals surface area contributed by atoms with E-state index in [-0.39, 0.29) is 18.3 Å². The number of aliphatic hydroxyl groups is 3. The summed E-state index contributed by atoms with van der Waals surface area (Å²) in [5, 5.41) is 24.7. The number of nitrogen functional groups attached to an aromatic ring is 1. The first-order valence-corrected chi connectivity index (χ1v) is 11.5. The Morgan fingerprint density at radius 1 is 0.943 bits per heavy atom. The molecule has 0 saturated heterocycles. The molecule has 3 atom stereocenters. The van der Waals surface area contributed by atoms with Gasteiger partial charge in [0.05, 0.1) is 38.2 Å². The van der Waals surface area contributed by atoms with Crippen molar-refractivity contribution in [3.8, 4) is 11.5 Å². The molecular formula is C26H45NO8. The lowest BCUT2D eigenvalue weighted by Crippen LogP contribution is -2.30. The molecule has 0 amide bonds. The molecule has 0 saturated carbocycles. The van der Waals surface area contributed by atoms with Crippen molar-refractivity contribution < 1.29 is 39.0 Å². The van der Waals surface area contributed by atoms with Gasteiger partial charge < -0.3 is 44.7 Å². The van der Waals surface area contributed by atoms with Crippen LogP contribution < -0.4 is 15.2 Å². The van der Waals surface area contributed by atoms with Crippen molar-refractivity contribution in [2.75, 3.05) is 48.4 Å². The Morgan fingerprint density at radius 3 is 2.11 bits per heavy atom. The Hall–Kier alpha value is -2.14. The number of methoxy groups -OCH3 is 5. The summed E-state index contributed by atoms with van der Waals surface area (Å²) in [6.45, 7) is 2.05. The van der Waals surface area contributed by atoms with E-state index in [0.717, 1.165) is 25.5 Å². The second kappa shape index (κ2) is 19.1. The molecule has 0 radical (unpaired) electrons. The van der Waals surface area contributed by atoms with Crippen LogP contribution in [0.2, 0.25) is 0 Å². The highest BCUT2D eigenvalue weighted by molar-refractivity contribution is 5.61. The Morgan fingerprint density at radius 2 is 1.60 bits per heavy atom. The van der Waals surface area contributed by atoms with Crippen LogP contribution in [-0.4, -0.2) is 76.5 Å². The molecule has 9 nitrogen and oxygen atoms in total. The van der Waals surface area contributed by atoms with E-state index in [9.17, 15) is 0 Å². The lowest BCUT2D eigenvalue weighted by Gasteiger charge is -2.27. The fourth-order valence-electron chi connectivity index (χ4n) is 3.76. The van der Waals surface area contributed by atoms with Gasteiger partial charge in [0.2, 0.25) is 0 Å². The lowest BCUT2D eigenvalue weighted by molar-refractivity contribution is -0.0452. The molecule has 1 rings (SSSR count). The van der Waals surface area contributed by atoms with Gasteiger partial charge in [0.25, 0.3) is 0 Å². The van der Waals surface area contributed by atoms with Gasteiger partial charge in [-0.2, -0.15) is 0 Å². The maximum Gasteiger partial charge on any atom is 0.171 e. The molecule has 9 heteroatoms. The number of nitrogens with two attached hydrogens (primary N) is 1. The van der Waals surface area contributed by atoms with Gasteiger partial charge in [-0.05, 0) is 51.2 Å². The summed E-state index contributed by atoms with van der Waals surface area (Å²) in [6.07, 6.45) is 7.03. The van der Waals surface area contributed by atoms with Crippen molar-refractivity contribution >= 4 is 5.69 Å². The summed E-state index contributed by atoms with van der Waals surface area (Å²) in [5.41, 5.74) is 8.67. The zero-order valence-corrected chi connectivity index (χ0v) is 22.2. The number of aliphatic hydroxyl groups excluding tert-OH is 2. The van der Waals surface area contributed by atoms with Crippen molar-refractivity contribution in [1.82, 2.24) is 0 Å². The summed E-state index contributed by atoms with van der Waals surface area (Å²) in [7, 11) is 9.21. The average molecular weight is 500 g/mol. The molecule has 0 heterocycles. The molecular weight excluding hydrogens is 454 g/mol. The number of rotatable bonds is 16. The first-order valence-electron chi connectivity index (χ1n) is 11.5. The van der Waals surface area contributed by atoms with Crippen molar-refractivity contribution in [1.29, 1.82) is 0 Å². The third-order valence-corrected chi connectivity index (χ3v) is 5.64. The van der Waals surface area contributed by atoms with Gasteiger partial charge in [0.15, 0.2) is 6.29 Å². The van der Waals surface area contributed by atoms with Gasteiger partial charge in [-0.1, -0.05) is 17.7 Å². The van der Waals surface area contributed by atoms with Crippen molar-refractivity contribution in [2.45, 2.75) is 63.6 Å². The molecule has 1 aromatic carbocycles. The van der Waals surface area contributed by atoms with Gasteiger partial charge in [0.1, 0.15) is 11.5 Å². The number of ether oxygens (including phenoxy) is 5. The first-order chi connectivity index (χ1) is 16.8. The highest BCUT2D eigenvalue weighted by Gasteiger charge is 2.25. The summed E-state index contributed by atoms with van der Waals surface area (Å²) in [4.78, 5) is 0. The van der Waals surface area contributed by atoms with E-state index in [1.807, 2.05) is 6.07 Å². The molecule has 35 heavy (non-hydrogen) atoms. The quantitative estimate of drug-likeness (QED) is 0.153. The SMILES string of the molecule is CO.COc1cc(N)c(OC)c(C(CCC(OC)C(C/C=C(\C)CC/C=C\C(O)O)OC)OC)c1. The fraction of sp³-hybridized carbons (Fsp3) is 0.615. The predicted molar refractivity (Wildman–Crippen MR) is 138 cm³/mol. The predicted octanol–water partition coefficient (Wildman–Crippen LogP) is 3.38. The van der Waals surface area contributed by atoms with Gasteiger partial charge in [-0.15, -0.1) is 0 Å². The largest absolute Gasteiger partial charge is 0.497 e. The molecule has 3 unspecified atom stereocenters. The normalized spacial score (nSPS) is 14.4. The van der Waals surface area contributed by atoms with E-state index < -0.39 is 6.29 Å². The highest BCUT2D eigenvalue weighted by atomic mass is 16.5. The number of hydrogen-bond acceptors (Lipinski definition) is 9. The van der Waals surface area contributed by atoms with Gasteiger partial charge in [-0.3, -0.25) is 0 Å². The van der Waals surface area contributed by atoms with E-state index in [1.165, 1.54) is 11.6 Å². The van der Waals surface area contributed by atoms with Gasteiger partial charge in [-0.25, -0.2) is 0 Å². The number of benzene rings is 1. The molecule has 0 aliphatic rings. The zero-order chi connectivity index (χ0) is 26.8. The van der Waals surface area contributed by atoms with E-state index in [2.05, 4.69) is 13.0 Å². The summed E-state index contributed by atoms with van der Waals surface area (Å²) in [6, 6.07) is 3.61. The minimum atomic E-state index is -1.40. The second-order valence-corrected chi connectivity index (χ2v) is 7.86. The summed E-state index contributed by atoms with van der Waals surface area (Å²) < 4.78 is 28.1. The zero-order valence-electron chi connectivity index (χ0n) is 22.2. The van der Waals surface area contributed by atoms with Crippen LogP contribution in [0.3, 0.4) is 0 Å². The van der Waals surface area contributed by atoms with Gasteiger partial charge >= 0.3 is 0 Å². The average Bonchev–Trinajstić information content (AvgIpc) is 2.86. The topological polar surface area (TPSA) is 133 Å². The van der Waals surface area contributed by atoms with Crippen LogP contribution in [-0.2, 0) is 14.2 Å². The molecule has 0 fully saturated rings. The maximum absolute atomic E-state index is 8.86. The molecule has 0 aliphatic heterocycles. The van der Waals surface area contributed by atoms with Crippen molar-refractivity contribution in [2.24, 2.45) is 0 Å². The molecule has 0 aromatic heterocycles. The third-order valence-electron chi connectivity index (χ3n) is 5.64. The smallest absolute Gasteiger partial charge is 0.171 e. The Labute approximate surface area is 210 Å². The summed E-state index contributed by atoms with van der Waals surface area (Å²) >= 11 is 0. The Balaban J connectivity index is 0.00000562. The van der Waals surface area contributed by atoms with Crippen LogP contribution >= 0.6 is 0 Å². The van der Waals surface area contributed by atoms with Gasteiger partial charge in [0, 0.05) is 40.1 Å². The van der Waals surface area contributed by atoms with E-state index in [0.29, 0.717) is 36.4 Å². The van der Waals surface area contributed by atoms with Crippen LogP contribution in [0.1, 0.15) is 50.7 Å². The lowest BCUT2D eigenvalue weighted by atomic mass is 9.97. The monoisotopic (exact) mass is 499 g/mol. The maximum atomic E-state index is 8.86. The third kappa shape index (κ3) is 11.9. The standard InChI is InChI=1S/C25H41NO7.CH4O/c1-17(9-7-8-10-24(27)28)11-12-22(31-4)23(32-5)14-13-21(30-3)19-15-18(29-2)16-20(26)25(19)33-6;1-2/h8,10-11,15-16,21-24,27-28H,7,9,12-14,26H2,1-6H3;2H,1H3/b10-8-,17-11+;. The fourth-order valence-corrected chi connectivity index (χ4v) is 3.76. The molecule has 1 aromatic rings. The molecule has 0 aliphatic carbocycles. The van der Waals surface area contributed by atoms with Crippen LogP contribution in [0.25, 0.3) is 0 Å². The van der Waals surface area contributed by atoms with Crippen LogP contribution in [0.5, 0.6) is 11.5 Å². The second-order valence-electron chi connectivity index (χ2n) is 7.86. The molecule has 202 valence electrons. The van der Waals surface area contributed by atoms with Crippen LogP contribution in [0, 0.1) is 0 Å². The van der Waals surface area contributed by atoms with E-state index >= 15 is 0 Å². The minimum Gasteiger partial charge on any atom is -0.497 e. The van der Waals surface area contributed by atoms with Crippen molar-refractivity contribution in [3.05, 3.63) is 41.5 Å². The highest BCUT2D eigenvalue weighted by Crippen LogP contribution is 2.38. The number of allylic oxidation sites excluding steroid dienone is 2. The first kappa shape index (κ1) is 32.9. The minimum absolute atomic E-state index is 0.116. The van der Waals surface area contributed by atoms with E-state index in [1.54, 1.807) is 47.7 Å². The molecule has 0 bridgehead atoms. The molecule has 0 spiro atoms. The van der Waals surface area contributed by atoms with E-state index in [4.69, 9.17) is 44.7 Å².